The summed E-state index contributed by atoms with van der Waals surface area (Å²) in [6.45, 7) is -13.1. The van der Waals surface area contributed by atoms with Gasteiger partial charge in [-0.15, -0.1) is 0 Å². The molecule has 2 heterocycles. The smallest absolute Gasteiger partial charge is 0.336 e. The Hall–Kier alpha value is -7.92. The molecule has 0 saturated heterocycles. The number of nitrogens with zero attached hydrogens (tertiary/aromatic N) is 8. The van der Waals surface area contributed by atoms with E-state index in [-0.39, 0.29) is 44.2 Å². The Kier molecular flexibility index (Phi) is 14.4. The van der Waals surface area contributed by atoms with Crippen molar-refractivity contribution in [2.75, 3.05) is 52.2 Å². The van der Waals surface area contributed by atoms with Crippen LogP contribution < -0.4 is 11.1 Å². The number of benzene rings is 6. The van der Waals surface area contributed by atoms with Crippen molar-refractivity contribution >= 4 is 35.3 Å². The van der Waals surface area contributed by atoms with Crippen LogP contribution in [0.25, 0.3) is 22.3 Å². The minimum atomic E-state index is -5.30. The lowest BCUT2D eigenvalue weighted by atomic mass is 9.98. The van der Waals surface area contributed by atoms with E-state index in [0.29, 0.717) is 67.6 Å². The van der Waals surface area contributed by atoms with Gasteiger partial charge < -0.3 is 28.7 Å². The van der Waals surface area contributed by atoms with Crippen LogP contribution >= 0.6 is 23.5 Å². The van der Waals surface area contributed by atoms with Crippen molar-refractivity contribution in [3.63, 3.8) is 0 Å². The second-order valence-corrected chi connectivity index (χ2v) is 22.4. The lowest BCUT2D eigenvalue weighted by molar-refractivity contribution is -0.138. The van der Waals surface area contributed by atoms with Crippen LogP contribution in [0.4, 0.5) is 35.1 Å². The third-order valence-electron chi connectivity index (χ3n) is 14.6. The molecule has 6 aromatic carbocycles. The number of aromatic nitrogens is 4. The second kappa shape index (κ2) is 32.7. The van der Waals surface area contributed by atoms with E-state index in [1.807, 2.05) is 13.8 Å². The zero-order chi connectivity index (χ0) is 93.7. The Morgan fingerprint density at radius 1 is 0.589 bits per heavy atom. The molecule has 0 radical (unpaired) electrons. The lowest BCUT2D eigenvalue weighted by Crippen LogP contribution is -2.40. The SMILES string of the molecule is [2H]C([2H])(C(=O)N(CCN(CC)CC)Cc1ccc(-c2ccc(C(F)(F)F)cc2)cc1)n1c(SCc2ccc(F)cc2)nc(=O)c2c1CCC2.[2H]c1c([2H])c(C([2H])([2H])Sc2nc(=O)c3c(n2CC(=O)N(Cc2c([2H])c([2H])c(-c4c([2H])c([2H])c(C(F)(F)F)c(C)c4[2H])c([2H])c2[2H])C([2H])([2H])C([2H])([2H])N(C([2H])([2H])C)C([2H])([2H])C)C([2H])([2H])C([2H])([2H])C3([2H])[2H])c([2H])c([2H])c1F. The molecule has 0 spiro atoms. The van der Waals surface area contributed by atoms with Gasteiger partial charge in [0.05, 0.1) is 31.7 Å². The van der Waals surface area contributed by atoms with Crippen molar-refractivity contribution < 1.29 is 84.5 Å². The molecule has 22 heteroatoms. The second-order valence-electron chi connectivity index (χ2n) is 20.7. The minimum absolute atomic E-state index is 0.0773. The topological polar surface area (TPSA) is 117 Å². The Balaban J connectivity index is 0.000000306. The van der Waals surface area contributed by atoms with Crippen LogP contribution in [0.1, 0.15) is 142 Å². The van der Waals surface area contributed by atoms with E-state index in [0.717, 1.165) is 49.5 Å². The molecule has 0 saturated carbocycles. The molecule has 10 rings (SSSR count). The Morgan fingerprint density at radius 2 is 1.19 bits per heavy atom. The normalized spacial score (nSPS) is 19.8. The molecule has 0 atom stereocenters. The third kappa shape index (κ3) is 19.0. The predicted octanol–water partition coefficient (Wildman–Crippen LogP) is 14.7. The van der Waals surface area contributed by atoms with E-state index in [2.05, 4.69) is 14.9 Å². The number of halogens is 8. The number of likely N-dealkylation sites (N-methyl/N-ethyl adjacent to an activating group) is 2. The highest BCUT2D eigenvalue weighted by Gasteiger charge is 2.33. The van der Waals surface area contributed by atoms with Gasteiger partial charge in [-0.25, -0.2) is 8.78 Å². The third-order valence-corrected chi connectivity index (χ3v) is 16.4. The van der Waals surface area contributed by atoms with Gasteiger partial charge in [0.2, 0.25) is 11.8 Å². The number of fused-ring (bicyclic) bond motifs is 2. The first kappa shape index (κ1) is 41.9. The molecule has 502 valence electrons. The molecular formula is C73H78F8N8O4S2. The van der Waals surface area contributed by atoms with Crippen molar-refractivity contribution in [2.24, 2.45) is 0 Å². The molecule has 8 aromatic rings. The summed E-state index contributed by atoms with van der Waals surface area (Å²) in [7, 11) is 0. The van der Waals surface area contributed by atoms with Crippen molar-refractivity contribution in [1.82, 2.24) is 38.7 Å². The summed E-state index contributed by atoms with van der Waals surface area (Å²) in [5.74, 6) is -4.69. The zero-order valence-corrected chi connectivity index (χ0v) is 52.9. The molecule has 0 fully saturated rings. The van der Waals surface area contributed by atoms with E-state index in [9.17, 15) is 55.0 Å². The van der Waals surface area contributed by atoms with E-state index < -0.39 is 245 Å². The van der Waals surface area contributed by atoms with Crippen molar-refractivity contribution in [3.05, 3.63) is 233 Å². The molecule has 2 aliphatic rings. The van der Waals surface area contributed by atoms with E-state index in [1.54, 1.807) is 36.4 Å². The summed E-state index contributed by atoms with van der Waals surface area (Å²) in [5, 5.41) is -1.25. The van der Waals surface area contributed by atoms with Gasteiger partial charge in [-0.1, -0.05) is 148 Å². The predicted molar refractivity (Wildman–Crippen MR) is 358 cm³/mol. The van der Waals surface area contributed by atoms with Crippen LogP contribution in [-0.2, 0) is 85.1 Å². The number of rotatable bonds is 26. The van der Waals surface area contributed by atoms with Crippen molar-refractivity contribution in [3.8, 4) is 22.3 Å². The van der Waals surface area contributed by atoms with Crippen LogP contribution in [0.2, 0.25) is 0 Å². The molecule has 2 amide bonds. The molecule has 0 aliphatic heterocycles. The maximum Gasteiger partial charge on any atom is 0.416 e. The van der Waals surface area contributed by atoms with Crippen LogP contribution in [0, 0.1) is 18.6 Å². The van der Waals surface area contributed by atoms with Gasteiger partial charge >= 0.3 is 12.4 Å². The summed E-state index contributed by atoms with van der Waals surface area (Å²) in [5.41, 5.74) is -13.1. The van der Waals surface area contributed by atoms with Crippen LogP contribution in [0.15, 0.2) is 159 Å². The van der Waals surface area contributed by atoms with Crippen molar-refractivity contribution in [1.29, 1.82) is 0 Å². The number of thioether (sulfide) groups is 2. The Labute approximate surface area is 598 Å². The van der Waals surface area contributed by atoms with Gasteiger partial charge in [0.25, 0.3) is 11.1 Å². The molecule has 0 bridgehead atoms. The monoisotopic (exact) mass is 1380 g/mol. The average Bonchev–Trinajstić information content (AvgIpc) is 1.52. The Bertz CT molecular complexity index is 5500. The van der Waals surface area contributed by atoms with E-state index in [4.69, 9.17) is 34.3 Å². The quantitative estimate of drug-likeness (QED) is 0.0295. The van der Waals surface area contributed by atoms with Gasteiger partial charge in [0, 0.05) is 92.3 Å². The van der Waals surface area contributed by atoms with E-state index in [1.165, 1.54) is 33.7 Å². The molecule has 0 unspecified atom stereocenters. The number of carbonyl (C=O) groups excluding carboxylic acids is 2. The van der Waals surface area contributed by atoms with Crippen LogP contribution in [-0.4, -0.2) is 103 Å². The molecule has 2 aliphatic carbocycles. The van der Waals surface area contributed by atoms with Gasteiger partial charge in [-0.05, 0) is 164 Å². The number of carbonyl (C=O) groups is 2. The van der Waals surface area contributed by atoms with Crippen molar-refractivity contribution in [2.45, 2.75) is 133 Å². The standard InChI is InChI=1S/C37H40F4N4O2S.C36H38F4N4O2S/c1-4-43(5-2)19-20-44(22-26-9-13-28(14-10-26)29-15-18-32(25(3)21-29)37(39,40)41)34(46)23-45-33-8-6-7-31(33)35(47)42-36(45)48-24-27-11-16-30(38)17-12-27;1-3-42(4-2)20-21-43(22-25-8-12-27(13-9-25)28-14-16-29(17-15-28)36(38,39)40)33(45)23-44-32-7-5-6-31(32)34(46)41-35(44)47-24-26-10-18-30(37)19-11-26/h9-18,21H,4-8,19-20,22-24H2,1-3H3;8-19H,3-7,20-24H2,1-2H3/i4D2,5D2,6D2,7D2,8D2,9D,10D,11D,12D,13D,14D,15D,16D,17D,18D,19D2,20D2,21D,24D2;23D2. The first-order chi connectivity index (χ1) is 56.7. The maximum absolute atomic E-state index is 15.2. The highest BCUT2D eigenvalue weighted by atomic mass is 32.2. The molecule has 0 N–H and O–H groups in total. The summed E-state index contributed by atoms with van der Waals surface area (Å²) >= 11 is 0.659. The van der Waals surface area contributed by atoms with Gasteiger partial charge in [0.1, 0.15) is 24.7 Å². The first-order valence-electron chi connectivity index (χ1n) is 43.5. The number of hydrogen-bond acceptors (Lipinski definition) is 10. The fraction of sp³-hybridized carbons (Fsp3) is 0.370. The number of hydrogen-bond donors (Lipinski definition) is 0. The zero-order valence-electron chi connectivity index (χ0n) is 80.3. The number of amides is 2. The fourth-order valence-electron chi connectivity index (χ4n) is 9.51. The van der Waals surface area contributed by atoms with Crippen LogP contribution in [0.5, 0.6) is 0 Å². The lowest BCUT2D eigenvalue weighted by Gasteiger charge is -2.28. The van der Waals surface area contributed by atoms with Crippen LogP contribution in [0.3, 0.4) is 0 Å². The largest absolute Gasteiger partial charge is 0.416 e. The number of alkyl halides is 6. The summed E-state index contributed by atoms with van der Waals surface area (Å²) in [6, 6.07) is 2.78. The summed E-state index contributed by atoms with van der Waals surface area (Å²) in [4.78, 5) is 67.0. The maximum atomic E-state index is 15.2. The average molecular weight is 1380 g/mol. The summed E-state index contributed by atoms with van der Waals surface area (Å²) in [6.07, 6.45) is -19.6. The first-order valence-corrected chi connectivity index (χ1v) is 30.8. The summed E-state index contributed by atoms with van der Waals surface area (Å²) < 4.78 is 361. The van der Waals surface area contributed by atoms with Gasteiger partial charge in [0.15, 0.2) is 10.3 Å². The molecule has 2 aromatic heterocycles. The highest BCUT2D eigenvalue weighted by Crippen LogP contribution is 2.36. The van der Waals surface area contributed by atoms with Gasteiger partial charge in [-0.2, -0.15) is 36.3 Å². The molecular weight excluding hydrogens is 1270 g/mol. The molecule has 95 heavy (non-hydrogen) atoms. The fourth-order valence-corrected chi connectivity index (χ4v) is 11.1. The van der Waals surface area contributed by atoms with Gasteiger partial charge in [-0.3, -0.25) is 19.2 Å². The highest BCUT2D eigenvalue weighted by molar-refractivity contribution is 7.98. The Morgan fingerprint density at radius 3 is 1.82 bits per heavy atom. The van der Waals surface area contributed by atoms with E-state index >= 15 is 4.79 Å². The molecule has 12 nitrogen and oxygen atoms in total. The minimum Gasteiger partial charge on any atom is -0.336 e.